The van der Waals surface area contributed by atoms with Gasteiger partial charge >= 0.3 is 5.97 Å². The quantitative estimate of drug-likeness (QED) is 0.908. The number of carbonyl (C=O) groups is 2. The van der Waals surface area contributed by atoms with Crippen molar-refractivity contribution in [3.05, 3.63) is 21.9 Å². The third kappa shape index (κ3) is 4.07. The van der Waals surface area contributed by atoms with Crippen LogP contribution in [0.25, 0.3) is 0 Å². The molecule has 1 aliphatic heterocycles. The van der Waals surface area contributed by atoms with E-state index >= 15 is 0 Å². The molecule has 0 bridgehead atoms. The van der Waals surface area contributed by atoms with Crippen molar-refractivity contribution in [2.45, 2.75) is 51.5 Å². The number of carboxylic acid groups (broad SMARTS) is 1. The number of aryl methyl sites for hydroxylation is 1. The van der Waals surface area contributed by atoms with Crippen LogP contribution in [-0.4, -0.2) is 34.5 Å². The summed E-state index contributed by atoms with van der Waals surface area (Å²) in [6.07, 6.45) is 4.21. The first-order valence-corrected chi connectivity index (χ1v) is 7.94. The summed E-state index contributed by atoms with van der Waals surface area (Å²) < 4.78 is 0. The van der Waals surface area contributed by atoms with Crippen molar-refractivity contribution in [2.75, 3.05) is 6.54 Å². The molecule has 1 N–H and O–H groups in total. The molecule has 2 heterocycles. The molecule has 0 saturated carbocycles. The lowest BCUT2D eigenvalue weighted by atomic mass is 9.97. The van der Waals surface area contributed by atoms with Crippen LogP contribution in [0.15, 0.2) is 12.1 Å². The molecule has 1 amide bonds. The van der Waals surface area contributed by atoms with Crippen LogP contribution in [0.1, 0.15) is 41.9 Å². The summed E-state index contributed by atoms with van der Waals surface area (Å²) in [4.78, 5) is 27.3. The van der Waals surface area contributed by atoms with Gasteiger partial charge in [-0.2, -0.15) is 0 Å². The second-order valence-corrected chi connectivity index (χ2v) is 6.73. The highest BCUT2D eigenvalue weighted by Gasteiger charge is 2.27. The normalized spacial score (nSPS) is 19.1. The van der Waals surface area contributed by atoms with Gasteiger partial charge in [0.05, 0.1) is 6.42 Å². The van der Waals surface area contributed by atoms with E-state index in [9.17, 15) is 9.59 Å². The molecule has 2 rings (SSSR count). The van der Waals surface area contributed by atoms with Crippen LogP contribution < -0.4 is 0 Å². The molecule has 1 saturated heterocycles. The van der Waals surface area contributed by atoms with Crippen LogP contribution in [0, 0.1) is 6.92 Å². The second kappa shape index (κ2) is 6.88. The van der Waals surface area contributed by atoms with Crippen LogP contribution in [0.5, 0.6) is 0 Å². The number of nitrogens with zero attached hydrogens (tertiary/aromatic N) is 1. The lowest BCUT2D eigenvalue weighted by molar-refractivity contribution is -0.139. The van der Waals surface area contributed by atoms with E-state index in [1.165, 1.54) is 4.88 Å². The van der Waals surface area contributed by atoms with Gasteiger partial charge in [0.25, 0.3) is 0 Å². The number of piperidine rings is 1. The van der Waals surface area contributed by atoms with Crippen molar-refractivity contribution >= 4 is 23.2 Å². The average molecular weight is 295 g/mol. The van der Waals surface area contributed by atoms with Crippen LogP contribution in [0.4, 0.5) is 0 Å². The Morgan fingerprint density at radius 2 is 2.20 bits per heavy atom. The van der Waals surface area contributed by atoms with Crippen molar-refractivity contribution in [3.63, 3.8) is 0 Å². The Morgan fingerprint density at radius 1 is 1.40 bits per heavy atom. The third-order valence-electron chi connectivity index (χ3n) is 3.76. The topological polar surface area (TPSA) is 57.6 Å². The summed E-state index contributed by atoms with van der Waals surface area (Å²) in [7, 11) is 0. The Balaban J connectivity index is 1.95. The van der Waals surface area contributed by atoms with Gasteiger partial charge in [0, 0.05) is 28.8 Å². The van der Waals surface area contributed by atoms with Gasteiger partial charge in [0.1, 0.15) is 0 Å². The molecule has 1 atom stereocenters. The summed E-state index contributed by atoms with van der Waals surface area (Å²) in [6, 6.07) is 4.15. The zero-order valence-corrected chi connectivity index (χ0v) is 12.6. The Bertz CT molecular complexity index is 483. The molecule has 1 aliphatic rings. The number of hydrogen-bond donors (Lipinski definition) is 1. The Kier molecular flexibility index (Phi) is 5.17. The molecule has 1 fully saturated rings. The Labute approximate surface area is 123 Å². The van der Waals surface area contributed by atoms with Crippen molar-refractivity contribution < 1.29 is 14.7 Å². The highest BCUT2D eigenvalue weighted by molar-refractivity contribution is 7.12. The molecule has 1 unspecified atom stereocenters. The minimum Gasteiger partial charge on any atom is -0.481 e. The van der Waals surface area contributed by atoms with Crippen molar-refractivity contribution in [3.8, 4) is 0 Å². The van der Waals surface area contributed by atoms with E-state index in [4.69, 9.17) is 5.11 Å². The molecule has 5 heteroatoms. The fourth-order valence-electron chi connectivity index (χ4n) is 2.75. The lowest BCUT2D eigenvalue weighted by Crippen LogP contribution is -2.44. The summed E-state index contributed by atoms with van der Waals surface area (Å²) in [6.45, 7) is 2.81. The second-order valence-electron chi connectivity index (χ2n) is 5.36. The first-order valence-electron chi connectivity index (χ1n) is 7.13. The fraction of sp³-hybridized carbons (Fsp3) is 0.600. The molecule has 0 aromatic carbocycles. The molecule has 110 valence electrons. The van der Waals surface area contributed by atoms with Crippen molar-refractivity contribution in [1.29, 1.82) is 0 Å². The maximum absolute atomic E-state index is 12.4. The summed E-state index contributed by atoms with van der Waals surface area (Å²) >= 11 is 1.66. The van der Waals surface area contributed by atoms with Crippen LogP contribution in [0.2, 0.25) is 0 Å². The van der Waals surface area contributed by atoms with Gasteiger partial charge in [-0.15, -0.1) is 11.3 Å². The number of carboxylic acids is 1. The largest absolute Gasteiger partial charge is 0.481 e. The van der Waals surface area contributed by atoms with Gasteiger partial charge in [-0.1, -0.05) is 0 Å². The van der Waals surface area contributed by atoms with Crippen molar-refractivity contribution in [2.24, 2.45) is 0 Å². The summed E-state index contributed by atoms with van der Waals surface area (Å²) in [5, 5.41) is 8.81. The van der Waals surface area contributed by atoms with Crippen molar-refractivity contribution in [1.82, 2.24) is 4.90 Å². The zero-order valence-electron chi connectivity index (χ0n) is 11.8. The summed E-state index contributed by atoms with van der Waals surface area (Å²) in [5.74, 6) is -0.640. The molecule has 0 spiro atoms. The first kappa shape index (κ1) is 15.0. The standard InChI is InChI=1S/C15H21NO3S/c1-11-5-7-13(20-11)10-14(17)16-9-3-2-4-12(16)6-8-15(18)19/h5,7,12H,2-4,6,8-10H2,1H3,(H,18,19). The lowest BCUT2D eigenvalue weighted by Gasteiger charge is -2.35. The molecular weight excluding hydrogens is 274 g/mol. The Morgan fingerprint density at radius 3 is 2.85 bits per heavy atom. The van der Waals surface area contributed by atoms with Gasteiger partial charge in [0.15, 0.2) is 0 Å². The van der Waals surface area contributed by atoms with E-state index < -0.39 is 5.97 Å². The van der Waals surface area contributed by atoms with E-state index in [1.54, 1.807) is 11.3 Å². The summed E-state index contributed by atoms with van der Waals surface area (Å²) in [5.41, 5.74) is 0. The molecule has 1 aromatic heterocycles. The van der Waals surface area contributed by atoms with E-state index in [0.29, 0.717) is 12.8 Å². The van der Waals surface area contributed by atoms with Gasteiger partial charge in [-0.05, 0) is 44.7 Å². The first-order chi connectivity index (χ1) is 9.56. The SMILES string of the molecule is Cc1ccc(CC(=O)N2CCCCC2CCC(=O)O)s1. The fourth-order valence-corrected chi connectivity index (χ4v) is 3.63. The highest BCUT2D eigenvalue weighted by Crippen LogP contribution is 2.23. The third-order valence-corrected chi connectivity index (χ3v) is 4.76. The van der Waals surface area contributed by atoms with E-state index in [-0.39, 0.29) is 18.4 Å². The van der Waals surface area contributed by atoms with Crippen LogP contribution in [0.3, 0.4) is 0 Å². The number of thiophene rings is 1. The monoisotopic (exact) mass is 295 g/mol. The van der Waals surface area contributed by atoms with Gasteiger partial charge in [-0.25, -0.2) is 0 Å². The number of aliphatic carboxylic acids is 1. The van der Waals surface area contributed by atoms with E-state index in [2.05, 4.69) is 0 Å². The maximum atomic E-state index is 12.4. The number of amides is 1. The van der Waals surface area contributed by atoms with E-state index in [1.807, 2.05) is 24.0 Å². The molecule has 0 aliphatic carbocycles. The van der Waals surface area contributed by atoms with E-state index in [0.717, 1.165) is 30.7 Å². The number of likely N-dealkylation sites (tertiary alicyclic amines) is 1. The maximum Gasteiger partial charge on any atom is 0.303 e. The Hall–Kier alpha value is -1.36. The predicted octanol–water partition coefficient (Wildman–Crippen LogP) is 2.84. The molecular formula is C15H21NO3S. The van der Waals surface area contributed by atoms with Gasteiger partial charge in [-0.3, -0.25) is 9.59 Å². The smallest absolute Gasteiger partial charge is 0.303 e. The molecule has 1 aromatic rings. The van der Waals surface area contributed by atoms with Crippen LogP contribution in [-0.2, 0) is 16.0 Å². The van der Waals surface area contributed by atoms with Crippen LogP contribution >= 0.6 is 11.3 Å². The minimum absolute atomic E-state index is 0.105. The highest BCUT2D eigenvalue weighted by atomic mass is 32.1. The molecule has 20 heavy (non-hydrogen) atoms. The average Bonchev–Trinajstić information content (AvgIpc) is 2.82. The number of rotatable bonds is 5. The molecule has 4 nitrogen and oxygen atoms in total. The van der Waals surface area contributed by atoms with Gasteiger partial charge in [0.2, 0.25) is 5.91 Å². The molecule has 0 radical (unpaired) electrons. The number of hydrogen-bond acceptors (Lipinski definition) is 3. The predicted molar refractivity (Wildman–Crippen MR) is 79.0 cm³/mol. The number of carbonyl (C=O) groups excluding carboxylic acids is 1. The zero-order chi connectivity index (χ0) is 14.5. The minimum atomic E-state index is -0.781. The van der Waals surface area contributed by atoms with Gasteiger partial charge < -0.3 is 10.0 Å².